The zero-order valence-electron chi connectivity index (χ0n) is 10.1. The SMILES string of the molecule is C#CCNC(=O)CSCC(=O)Nc1cccc(Br)c1. The van der Waals surface area contributed by atoms with E-state index in [9.17, 15) is 9.59 Å². The quantitative estimate of drug-likeness (QED) is 0.777. The van der Waals surface area contributed by atoms with Crippen LogP contribution in [0.5, 0.6) is 0 Å². The van der Waals surface area contributed by atoms with Gasteiger partial charge in [-0.3, -0.25) is 9.59 Å². The summed E-state index contributed by atoms with van der Waals surface area (Å²) in [5, 5.41) is 5.28. The topological polar surface area (TPSA) is 58.2 Å². The van der Waals surface area contributed by atoms with Crippen LogP contribution in [0, 0.1) is 12.3 Å². The first-order chi connectivity index (χ1) is 9.11. The fraction of sp³-hybridized carbons (Fsp3) is 0.231. The second-order valence-corrected chi connectivity index (χ2v) is 5.43. The first-order valence-electron chi connectivity index (χ1n) is 5.45. The molecule has 100 valence electrons. The molecule has 0 saturated carbocycles. The highest BCUT2D eigenvalue weighted by atomic mass is 79.9. The number of amides is 2. The second-order valence-electron chi connectivity index (χ2n) is 3.53. The normalized spacial score (nSPS) is 9.47. The molecule has 0 aliphatic rings. The van der Waals surface area contributed by atoms with E-state index in [1.54, 1.807) is 6.07 Å². The zero-order chi connectivity index (χ0) is 14.1. The largest absolute Gasteiger partial charge is 0.344 e. The number of halogens is 1. The lowest BCUT2D eigenvalue weighted by Crippen LogP contribution is -2.26. The van der Waals surface area contributed by atoms with Gasteiger partial charge < -0.3 is 10.6 Å². The molecule has 1 aromatic carbocycles. The molecule has 1 rings (SSSR count). The van der Waals surface area contributed by atoms with Crippen molar-refractivity contribution >= 4 is 45.2 Å². The fourth-order valence-electron chi connectivity index (χ4n) is 1.20. The molecule has 19 heavy (non-hydrogen) atoms. The lowest BCUT2D eigenvalue weighted by atomic mass is 10.3. The van der Waals surface area contributed by atoms with Crippen LogP contribution in [-0.2, 0) is 9.59 Å². The number of carbonyl (C=O) groups excluding carboxylic acids is 2. The number of benzene rings is 1. The minimum Gasteiger partial charge on any atom is -0.344 e. The highest BCUT2D eigenvalue weighted by Gasteiger charge is 2.05. The Morgan fingerprint density at radius 1 is 1.32 bits per heavy atom. The first kappa shape index (κ1) is 15.6. The minimum atomic E-state index is -0.168. The van der Waals surface area contributed by atoms with E-state index in [4.69, 9.17) is 6.42 Å². The van der Waals surface area contributed by atoms with Gasteiger partial charge in [-0.05, 0) is 18.2 Å². The monoisotopic (exact) mass is 340 g/mol. The molecule has 0 saturated heterocycles. The van der Waals surface area contributed by atoms with Crippen LogP contribution in [0.15, 0.2) is 28.7 Å². The summed E-state index contributed by atoms with van der Waals surface area (Å²) in [4.78, 5) is 22.8. The van der Waals surface area contributed by atoms with Crippen molar-refractivity contribution in [2.24, 2.45) is 0 Å². The molecular formula is C13H13BrN2O2S. The molecule has 6 heteroatoms. The standard InChI is InChI=1S/C13H13BrN2O2S/c1-2-6-15-12(17)8-19-9-13(18)16-11-5-3-4-10(14)7-11/h1,3-5,7H,6,8-9H2,(H,15,17)(H,16,18). The van der Waals surface area contributed by atoms with E-state index in [1.165, 1.54) is 11.8 Å². The maximum atomic E-state index is 11.6. The molecule has 0 heterocycles. The Kier molecular flexibility index (Phi) is 7.08. The summed E-state index contributed by atoms with van der Waals surface area (Å²) in [5.74, 6) is 2.43. The summed E-state index contributed by atoms with van der Waals surface area (Å²) in [7, 11) is 0. The summed E-state index contributed by atoms with van der Waals surface area (Å²) in [6, 6.07) is 7.31. The van der Waals surface area contributed by atoms with Gasteiger partial charge in [0.25, 0.3) is 0 Å². The van der Waals surface area contributed by atoms with Crippen LogP contribution < -0.4 is 10.6 Å². The van der Waals surface area contributed by atoms with E-state index in [2.05, 4.69) is 32.5 Å². The summed E-state index contributed by atoms with van der Waals surface area (Å²) in [6.07, 6.45) is 5.01. The molecule has 0 spiro atoms. The number of rotatable bonds is 6. The maximum Gasteiger partial charge on any atom is 0.234 e. The van der Waals surface area contributed by atoms with Crippen molar-refractivity contribution < 1.29 is 9.59 Å². The lowest BCUT2D eigenvalue weighted by Gasteiger charge is -2.05. The van der Waals surface area contributed by atoms with Crippen molar-refractivity contribution in [3.8, 4) is 12.3 Å². The number of carbonyl (C=O) groups is 2. The molecule has 1 aromatic rings. The van der Waals surface area contributed by atoms with Gasteiger partial charge in [-0.25, -0.2) is 0 Å². The average Bonchev–Trinajstić information content (AvgIpc) is 2.36. The smallest absolute Gasteiger partial charge is 0.234 e. The molecule has 0 aliphatic carbocycles. The molecular weight excluding hydrogens is 328 g/mol. The predicted octanol–water partition coefficient (Wildman–Crippen LogP) is 1.87. The molecule has 0 radical (unpaired) electrons. The van der Waals surface area contributed by atoms with Gasteiger partial charge in [0.2, 0.25) is 11.8 Å². The van der Waals surface area contributed by atoms with Crippen LogP contribution in [0.4, 0.5) is 5.69 Å². The summed E-state index contributed by atoms with van der Waals surface area (Å²) in [6.45, 7) is 0.212. The minimum absolute atomic E-state index is 0.146. The third-order valence-corrected chi connectivity index (χ3v) is 3.39. The van der Waals surface area contributed by atoms with E-state index in [0.29, 0.717) is 0 Å². The number of hydrogen-bond donors (Lipinski definition) is 2. The third kappa shape index (κ3) is 6.89. The van der Waals surface area contributed by atoms with E-state index >= 15 is 0 Å². The number of nitrogens with one attached hydrogen (secondary N) is 2. The van der Waals surface area contributed by atoms with Gasteiger partial charge in [0.15, 0.2) is 0 Å². The Morgan fingerprint density at radius 2 is 2.05 bits per heavy atom. The molecule has 0 unspecified atom stereocenters. The second kappa shape index (κ2) is 8.62. The number of hydrogen-bond acceptors (Lipinski definition) is 3. The first-order valence-corrected chi connectivity index (χ1v) is 7.40. The van der Waals surface area contributed by atoms with Gasteiger partial charge in [0.1, 0.15) is 0 Å². The lowest BCUT2D eigenvalue weighted by molar-refractivity contribution is -0.118. The van der Waals surface area contributed by atoms with Gasteiger partial charge in [-0.15, -0.1) is 18.2 Å². The third-order valence-electron chi connectivity index (χ3n) is 1.96. The Balaban J connectivity index is 2.25. The summed E-state index contributed by atoms with van der Waals surface area (Å²) in [5.41, 5.74) is 0.719. The van der Waals surface area contributed by atoms with Crippen molar-refractivity contribution in [1.29, 1.82) is 0 Å². The molecule has 2 N–H and O–H groups in total. The van der Waals surface area contributed by atoms with E-state index in [-0.39, 0.29) is 29.9 Å². The molecule has 0 aliphatic heterocycles. The Bertz CT molecular complexity index is 500. The molecule has 0 fully saturated rings. The van der Waals surface area contributed by atoms with Crippen molar-refractivity contribution in [2.45, 2.75) is 0 Å². The molecule has 4 nitrogen and oxygen atoms in total. The van der Waals surface area contributed by atoms with Crippen LogP contribution in [0.25, 0.3) is 0 Å². The van der Waals surface area contributed by atoms with Crippen molar-refractivity contribution in [3.05, 3.63) is 28.7 Å². The fourth-order valence-corrected chi connectivity index (χ4v) is 2.25. The Hall–Kier alpha value is -1.45. The van der Waals surface area contributed by atoms with E-state index in [1.807, 2.05) is 18.2 Å². The van der Waals surface area contributed by atoms with Gasteiger partial charge in [0, 0.05) is 10.2 Å². The van der Waals surface area contributed by atoms with E-state index in [0.717, 1.165) is 10.2 Å². The molecule has 0 aromatic heterocycles. The Morgan fingerprint density at radius 3 is 2.74 bits per heavy atom. The average molecular weight is 341 g/mol. The van der Waals surface area contributed by atoms with Crippen LogP contribution in [0.3, 0.4) is 0 Å². The van der Waals surface area contributed by atoms with Crippen molar-refractivity contribution in [2.75, 3.05) is 23.4 Å². The van der Waals surface area contributed by atoms with Gasteiger partial charge in [-0.1, -0.05) is 27.9 Å². The maximum absolute atomic E-state index is 11.6. The highest BCUT2D eigenvalue weighted by Crippen LogP contribution is 2.15. The zero-order valence-corrected chi connectivity index (χ0v) is 12.5. The van der Waals surface area contributed by atoms with Crippen molar-refractivity contribution in [1.82, 2.24) is 5.32 Å². The van der Waals surface area contributed by atoms with Gasteiger partial charge in [-0.2, -0.15) is 0 Å². The molecule has 2 amide bonds. The summed E-state index contributed by atoms with van der Waals surface area (Å²) >= 11 is 4.56. The summed E-state index contributed by atoms with van der Waals surface area (Å²) < 4.78 is 0.895. The highest BCUT2D eigenvalue weighted by molar-refractivity contribution is 9.10. The number of terminal acetylenes is 1. The van der Waals surface area contributed by atoms with Crippen LogP contribution in [0.1, 0.15) is 0 Å². The molecule has 0 bridgehead atoms. The van der Waals surface area contributed by atoms with Crippen molar-refractivity contribution in [3.63, 3.8) is 0 Å². The van der Waals surface area contributed by atoms with Crippen LogP contribution in [0.2, 0.25) is 0 Å². The van der Waals surface area contributed by atoms with E-state index < -0.39 is 0 Å². The number of anilines is 1. The predicted molar refractivity (Wildman–Crippen MR) is 81.9 cm³/mol. The van der Waals surface area contributed by atoms with Crippen LogP contribution in [-0.4, -0.2) is 29.9 Å². The Labute approximate surface area is 124 Å². The number of thioether (sulfide) groups is 1. The van der Waals surface area contributed by atoms with Gasteiger partial charge in [0.05, 0.1) is 18.1 Å². The van der Waals surface area contributed by atoms with Gasteiger partial charge >= 0.3 is 0 Å². The van der Waals surface area contributed by atoms with Crippen LogP contribution >= 0.6 is 27.7 Å². The molecule has 0 atom stereocenters.